The number of H-pyrrole nitrogens is 1. The normalized spacial score (nSPS) is 12.0. The van der Waals surface area contributed by atoms with E-state index in [0.717, 1.165) is 23.6 Å². The largest absolute Gasteiger partial charge is 0.384 e. The average molecular weight is 233 g/mol. The summed E-state index contributed by atoms with van der Waals surface area (Å²) in [6.45, 7) is 8.41. The molecule has 2 aromatic heterocycles. The Bertz CT molecular complexity index is 515. The van der Waals surface area contributed by atoms with E-state index in [0.29, 0.717) is 5.82 Å². The second kappa shape index (κ2) is 3.91. The van der Waals surface area contributed by atoms with Crippen molar-refractivity contribution >= 4 is 5.82 Å². The Morgan fingerprint density at radius 2 is 2.06 bits per heavy atom. The highest BCUT2D eigenvalue weighted by atomic mass is 15.4. The van der Waals surface area contributed by atoms with Crippen LogP contribution in [0.2, 0.25) is 0 Å². The molecule has 0 bridgehead atoms. The molecule has 0 aliphatic heterocycles. The van der Waals surface area contributed by atoms with Crippen LogP contribution < -0.4 is 5.73 Å². The minimum Gasteiger partial charge on any atom is -0.384 e. The Morgan fingerprint density at radius 1 is 1.35 bits per heavy atom. The summed E-state index contributed by atoms with van der Waals surface area (Å²) in [5.41, 5.74) is 8.00. The Balaban J connectivity index is 2.42. The topological polar surface area (TPSA) is 72.5 Å². The molecule has 3 N–H and O–H groups in total. The zero-order valence-electron chi connectivity index (χ0n) is 10.8. The van der Waals surface area contributed by atoms with Gasteiger partial charge in [-0.1, -0.05) is 27.7 Å². The first kappa shape index (κ1) is 11.7. The number of nitrogen functional groups attached to an aromatic ring is 1. The first-order chi connectivity index (χ1) is 7.91. The molecule has 0 amide bonds. The van der Waals surface area contributed by atoms with E-state index >= 15 is 0 Å². The fourth-order valence-electron chi connectivity index (χ4n) is 1.58. The lowest BCUT2D eigenvalue weighted by Crippen LogP contribution is -2.12. The molecule has 0 saturated carbocycles. The van der Waals surface area contributed by atoms with Crippen molar-refractivity contribution < 1.29 is 0 Å². The van der Waals surface area contributed by atoms with Gasteiger partial charge >= 0.3 is 0 Å². The van der Waals surface area contributed by atoms with E-state index in [-0.39, 0.29) is 5.41 Å². The molecule has 0 spiro atoms. The zero-order chi connectivity index (χ0) is 12.6. The van der Waals surface area contributed by atoms with Gasteiger partial charge in [0.1, 0.15) is 5.82 Å². The summed E-state index contributed by atoms with van der Waals surface area (Å²) >= 11 is 0. The van der Waals surface area contributed by atoms with Gasteiger partial charge in [0.25, 0.3) is 0 Å². The maximum Gasteiger partial charge on any atom is 0.177 e. The molecule has 0 radical (unpaired) electrons. The van der Waals surface area contributed by atoms with Crippen LogP contribution in [0.25, 0.3) is 5.82 Å². The van der Waals surface area contributed by atoms with E-state index < -0.39 is 0 Å². The van der Waals surface area contributed by atoms with E-state index in [2.05, 4.69) is 43.0 Å². The maximum atomic E-state index is 5.97. The highest BCUT2D eigenvalue weighted by Crippen LogP contribution is 2.24. The van der Waals surface area contributed by atoms with Crippen molar-refractivity contribution in [3.63, 3.8) is 0 Å². The third-order valence-electron chi connectivity index (χ3n) is 2.72. The highest BCUT2D eigenvalue weighted by Gasteiger charge is 2.20. The molecular weight excluding hydrogens is 214 g/mol. The molecule has 0 aromatic carbocycles. The van der Waals surface area contributed by atoms with Crippen LogP contribution in [0.4, 0.5) is 5.82 Å². The molecule has 17 heavy (non-hydrogen) atoms. The molecule has 0 atom stereocenters. The predicted octanol–water partition coefficient (Wildman–Crippen LogP) is 2.04. The van der Waals surface area contributed by atoms with E-state index in [4.69, 9.17) is 5.73 Å². The molecule has 0 aliphatic rings. The number of hydrogen-bond acceptors (Lipinski definition) is 3. The van der Waals surface area contributed by atoms with Crippen LogP contribution in [-0.4, -0.2) is 20.0 Å². The maximum absolute atomic E-state index is 5.97. The minimum absolute atomic E-state index is 0.0107. The zero-order valence-corrected chi connectivity index (χ0v) is 10.8. The number of aromatic amines is 1. The smallest absolute Gasteiger partial charge is 0.177 e. The van der Waals surface area contributed by atoms with Gasteiger partial charge in [0.2, 0.25) is 0 Å². The summed E-state index contributed by atoms with van der Waals surface area (Å²) in [5.74, 6) is 1.36. The number of aromatic nitrogens is 4. The van der Waals surface area contributed by atoms with E-state index in [9.17, 15) is 0 Å². The molecule has 5 nitrogen and oxygen atoms in total. The fraction of sp³-hybridized carbons (Fsp3) is 0.500. The van der Waals surface area contributed by atoms with E-state index in [1.807, 2.05) is 12.1 Å². The lowest BCUT2D eigenvalue weighted by Gasteiger charge is -2.13. The average Bonchev–Trinajstić information content (AvgIpc) is 2.82. The van der Waals surface area contributed by atoms with Crippen molar-refractivity contribution in [1.82, 2.24) is 20.0 Å². The number of anilines is 1. The first-order valence-electron chi connectivity index (χ1n) is 5.82. The Hall–Kier alpha value is -1.78. The van der Waals surface area contributed by atoms with Gasteiger partial charge in [0.15, 0.2) is 5.82 Å². The molecular formula is C12H19N5. The summed E-state index contributed by atoms with van der Waals surface area (Å²) in [5, 5.41) is 11.7. The van der Waals surface area contributed by atoms with Crippen molar-refractivity contribution in [3.8, 4) is 5.82 Å². The lowest BCUT2D eigenvalue weighted by atomic mass is 9.92. The van der Waals surface area contributed by atoms with Crippen LogP contribution in [0.1, 0.15) is 39.1 Å². The molecule has 2 aromatic rings. The van der Waals surface area contributed by atoms with Crippen LogP contribution >= 0.6 is 0 Å². The van der Waals surface area contributed by atoms with Gasteiger partial charge in [-0.2, -0.15) is 14.9 Å². The van der Waals surface area contributed by atoms with Crippen molar-refractivity contribution in [2.45, 2.75) is 39.5 Å². The number of nitrogens with one attached hydrogen (secondary N) is 1. The van der Waals surface area contributed by atoms with E-state index in [1.54, 1.807) is 4.68 Å². The molecule has 2 rings (SSSR count). The SMILES string of the molecule is CCc1cc(-n2nc(C(C)(C)C)cc2N)n[nH]1. The number of nitrogens with zero attached hydrogens (tertiary/aromatic N) is 3. The van der Waals surface area contributed by atoms with Gasteiger partial charge in [-0.05, 0) is 6.42 Å². The first-order valence-corrected chi connectivity index (χ1v) is 5.82. The van der Waals surface area contributed by atoms with Gasteiger partial charge < -0.3 is 5.73 Å². The molecule has 92 valence electrons. The molecule has 0 fully saturated rings. The quantitative estimate of drug-likeness (QED) is 0.833. The third-order valence-corrected chi connectivity index (χ3v) is 2.72. The van der Waals surface area contributed by atoms with Crippen molar-refractivity contribution in [2.24, 2.45) is 0 Å². The molecule has 5 heteroatoms. The van der Waals surface area contributed by atoms with Gasteiger partial charge in [0.05, 0.1) is 5.69 Å². The number of aryl methyl sites for hydroxylation is 1. The Kier molecular flexibility index (Phi) is 2.69. The van der Waals surface area contributed by atoms with Crippen LogP contribution in [0, 0.1) is 0 Å². The van der Waals surface area contributed by atoms with Crippen LogP contribution in [0.15, 0.2) is 12.1 Å². The van der Waals surface area contributed by atoms with Gasteiger partial charge in [-0.25, -0.2) is 0 Å². The Labute approximate surface area is 101 Å². The van der Waals surface area contributed by atoms with Crippen LogP contribution in [-0.2, 0) is 11.8 Å². The standard InChI is InChI=1S/C12H19N5/c1-5-8-6-11(15-14-8)17-10(13)7-9(16-17)12(2,3)4/h6-7H,5,13H2,1-4H3,(H,14,15). The molecule has 0 saturated heterocycles. The highest BCUT2D eigenvalue weighted by molar-refractivity contribution is 5.41. The fourth-order valence-corrected chi connectivity index (χ4v) is 1.58. The summed E-state index contributed by atoms with van der Waals surface area (Å²) < 4.78 is 1.68. The van der Waals surface area contributed by atoms with Crippen LogP contribution in [0.3, 0.4) is 0 Å². The second-order valence-electron chi connectivity index (χ2n) is 5.22. The summed E-state index contributed by atoms with van der Waals surface area (Å²) in [4.78, 5) is 0. The molecule has 0 unspecified atom stereocenters. The summed E-state index contributed by atoms with van der Waals surface area (Å²) in [6.07, 6.45) is 0.917. The van der Waals surface area contributed by atoms with E-state index in [1.165, 1.54) is 0 Å². The molecule has 0 aliphatic carbocycles. The van der Waals surface area contributed by atoms with Crippen molar-refractivity contribution in [3.05, 3.63) is 23.5 Å². The number of rotatable bonds is 2. The number of nitrogens with two attached hydrogens (primary N) is 1. The predicted molar refractivity (Wildman–Crippen MR) is 68.2 cm³/mol. The lowest BCUT2D eigenvalue weighted by molar-refractivity contribution is 0.559. The summed E-state index contributed by atoms with van der Waals surface area (Å²) in [6, 6.07) is 3.87. The van der Waals surface area contributed by atoms with Crippen LogP contribution in [0.5, 0.6) is 0 Å². The van der Waals surface area contributed by atoms with Gasteiger partial charge in [0, 0.05) is 23.2 Å². The number of hydrogen-bond donors (Lipinski definition) is 2. The van der Waals surface area contributed by atoms with Crippen molar-refractivity contribution in [1.29, 1.82) is 0 Å². The Morgan fingerprint density at radius 3 is 2.53 bits per heavy atom. The van der Waals surface area contributed by atoms with Crippen molar-refractivity contribution in [2.75, 3.05) is 5.73 Å². The monoisotopic (exact) mass is 233 g/mol. The van der Waals surface area contributed by atoms with Gasteiger partial charge in [-0.15, -0.1) is 0 Å². The third kappa shape index (κ3) is 2.18. The minimum atomic E-state index is -0.0107. The second-order valence-corrected chi connectivity index (χ2v) is 5.22. The summed E-state index contributed by atoms with van der Waals surface area (Å²) in [7, 11) is 0. The van der Waals surface area contributed by atoms with Gasteiger partial charge in [-0.3, -0.25) is 5.10 Å². The molecule has 2 heterocycles.